The third kappa shape index (κ3) is 4.08. The van der Waals surface area contributed by atoms with Crippen molar-refractivity contribution in [2.75, 3.05) is 6.61 Å². The Hall–Kier alpha value is -2.30. The molecule has 0 radical (unpaired) electrons. The highest BCUT2D eigenvalue weighted by Gasteiger charge is 2.10. The first-order chi connectivity index (χ1) is 10.1. The van der Waals surface area contributed by atoms with Crippen LogP contribution >= 0.6 is 0 Å². The van der Waals surface area contributed by atoms with Crippen molar-refractivity contribution >= 4 is 5.91 Å². The smallest absolute Gasteiger partial charge is 0.251 e. The van der Waals surface area contributed by atoms with Gasteiger partial charge in [-0.1, -0.05) is 19.0 Å². The summed E-state index contributed by atoms with van der Waals surface area (Å²) >= 11 is 0. The van der Waals surface area contributed by atoms with Gasteiger partial charge in [-0.2, -0.15) is 0 Å². The van der Waals surface area contributed by atoms with Crippen LogP contribution in [0.1, 0.15) is 48.5 Å². The standard InChI is InChI=1S/C16H20N2O3/c1-4-20-13-7-5-12(6-8-13)16(19)17-10-14-9-15(11(2)3)18-21-14/h5-9,11H,4,10H2,1-3H3,(H,17,19). The molecule has 0 unspecified atom stereocenters. The Morgan fingerprint density at radius 2 is 2.05 bits per heavy atom. The molecular formula is C16H20N2O3. The van der Waals surface area contributed by atoms with Crippen LogP contribution in [0, 0.1) is 0 Å². The van der Waals surface area contributed by atoms with E-state index in [1.807, 2.05) is 26.8 Å². The van der Waals surface area contributed by atoms with Gasteiger partial charge < -0.3 is 14.6 Å². The van der Waals surface area contributed by atoms with Gasteiger partial charge in [0.25, 0.3) is 5.91 Å². The first-order valence-corrected chi connectivity index (χ1v) is 7.06. The average Bonchev–Trinajstić information content (AvgIpc) is 2.95. The van der Waals surface area contributed by atoms with Crippen LogP contribution in [-0.2, 0) is 6.54 Å². The summed E-state index contributed by atoms with van der Waals surface area (Å²) < 4.78 is 10.5. The molecule has 0 aliphatic rings. The second-order valence-electron chi connectivity index (χ2n) is 5.01. The summed E-state index contributed by atoms with van der Waals surface area (Å²) in [6.45, 7) is 6.94. The quantitative estimate of drug-likeness (QED) is 0.887. The first-order valence-electron chi connectivity index (χ1n) is 7.06. The van der Waals surface area contributed by atoms with Crippen LogP contribution in [-0.4, -0.2) is 17.7 Å². The van der Waals surface area contributed by atoms with E-state index >= 15 is 0 Å². The lowest BCUT2D eigenvalue weighted by molar-refractivity contribution is 0.0947. The highest BCUT2D eigenvalue weighted by molar-refractivity contribution is 5.94. The van der Waals surface area contributed by atoms with Gasteiger partial charge in [-0.15, -0.1) is 0 Å². The molecule has 1 aromatic carbocycles. The van der Waals surface area contributed by atoms with Crippen molar-refractivity contribution in [1.29, 1.82) is 0 Å². The van der Waals surface area contributed by atoms with E-state index in [1.165, 1.54) is 0 Å². The maximum atomic E-state index is 12.0. The Kier molecular flexibility index (Phi) is 4.98. The Bertz CT molecular complexity index is 588. The van der Waals surface area contributed by atoms with E-state index in [2.05, 4.69) is 10.5 Å². The maximum Gasteiger partial charge on any atom is 0.251 e. The molecule has 0 saturated carbocycles. The Labute approximate surface area is 124 Å². The van der Waals surface area contributed by atoms with Crippen LogP contribution in [0.25, 0.3) is 0 Å². The average molecular weight is 288 g/mol. The molecule has 0 saturated heterocycles. The predicted molar refractivity (Wildman–Crippen MR) is 79.4 cm³/mol. The van der Waals surface area contributed by atoms with Crippen molar-refractivity contribution in [1.82, 2.24) is 10.5 Å². The zero-order valence-corrected chi connectivity index (χ0v) is 12.6. The fourth-order valence-electron chi connectivity index (χ4n) is 1.82. The third-order valence-corrected chi connectivity index (χ3v) is 3.02. The van der Waals surface area contributed by atoms with Gasteiger partial charge in [0.2, 0.25) is 0 Å². The van der Waals surface area contributed by atoms with Gasteiger partial charge >= 0.3 is 0 Å². The summed E-state index contributed by atoms with van der Waals surface area (Å²) in [5.74, 6) is 1.56. The SMILES string of the molecule is CCOc1ccc(C(=O)NCc2cc(C(C)C)no2)cc1. The highest BCUT2D eigenvalue weighted by Crippen LogP contribution is 2.14. The molecule has 1 N–H and O–H groups in total. The number of nitrogens with zero attached hydrogens (tertiary/aromatic N) is 1. The van der Waals surface area contributed by atoms with Gasteiger partial charge in [-0.05, 0) is 37.1 Å². The van der Waals surface area contributed by atoms with E-state index in [9.17, 15) is 4.79 Å². The molecule has 1 heterocycles. The number of rotatable bonds is 6. The van der Waals surface area contributed by atoms with E-state index in [0.717, 1.165) is 11.4 Å². The summed E-state index contributed by atoms with van der Waals surface area (Å²) in [4.78, 5) is 12.0. The number of benzene rings is 1. The highest BCUT2D eigenvalue weighted by atomic mass is 16.5. The maximum absolute atomic E-state index is 12.0. The molecular weight excluding hydrogens is 268 g/mol. The molecule has 0 aliphatic heterocycles. The number of aromatic nitrogens is 1. The lowest BCUT2D eigenvalue weighted by Crippen LogP contribution is -2.22. The summed E-state index contributed by atoms with van der Waals surface area (Å²) in [5, 5.41) is 6.76. The minimum Gasteiger partial charge on any atom is -0.494 e. The fraction of sp³-hybridized carbons (Fsp3) is 0.375. The topological polar surface area (TPSA) is 64.4 Å². The molecule has 0 bridgehead atoms. The molecule has 0 spiro atoms. The molecule has 2 rings (SSSR count). The van der Waals surface area contributed by atoms with Crippen LogP contribution < -0.4 is 10.1 Å². The van der Waals surface area contributed by atoms with Crippen molar-refractivity contribution in [2.24, 2.45) is 0 Å². The molecule has 1 aromatic heterocycles. The van der Waals surface area contributed by atoms with Crippen LogP contribution in [0.4, 0.5) is 0 Å². The number of carbonyl (C=O) groups is 1. The fourth-order valence-corrected chi connectivity index (χ4v) is 1.82. The van der Waals surface area contributed by atoms with Gasteiger partial charge in [0, 0.05) is 11.6 Å². The van der Waals surface area contributed by atoms with Crippen molar-refractivity contribution in [2.45, 2.75) is 33.2 Å². The Balaban J connectivity index is 1.91. The number of nitrogens with one attached hydrogen (secondary N) is 1. The molecule has 1 amide bonds. The molecule has 0 aliphatic carbocycles. The van der Waals surface area contributed by atoms with Gasteiger partial charge in [-0.25, -0.2) is 0 Å². The monoisotopic (exact) mass is 288 g/mol. The number of hydrogen-bond donors (Lipinski definition) is 1. The Morgan fingerprint density at radius 3 is 2.62 bits per heavy atom. The van der Waals surface area contributed by atoms with Gasteiger partial charge in [0.05, 0.1) is 18.8 Å². The zero-order chi connectivity index (χ0) is 15.2. The number of hydrogen-bond acceptors (Lipinski definition) is 4. The van der Waals surface area contributed by atoms with E-state index in [0.29, 0.717) is 30.4 Å². The molecule has 0 atom stereocenters. The van der Waals surface area contributed by atoms with Gasteiger partial charge in [0.1, 0.15) is 5.75 Å². The summed E-state index contributed by atoms with van der Waals surface area (Å²) in [6.07, 6.45) is 0. The van der Waals surface area contributed by atoms with Crippen LogP contribution in [0.3, 0.4) is 0 Å². The molecule has 5 heteroatoms. The molecule has 5 nitrogen and oxygen atoms in total. The minimum absolute atomic E-state index is 0.152. The van der Waals surface area contributed by atoms with E-state index in [4.69, 9.17) is 9.26 Å². The third-order valence-electron chi connectivity index (χ3n) is 3.02. The number of amides is 1. The lowest BCUT2D eigenvalue weighted by atomic mass is 10.1. The van der Waals surface area contributed by atoms with Crippen LogP contribution in [0.2, 0.25) is 0 Å². The molecule has 112 valence electrons. The summed E-state index contributed by atoms with van der Waals surface area (Å²) in [5.41, 5.74) is 1.47. The largest absolute Gasteiger partial charge is 0.494 e. The molecule has 21 heavy (non-hydrogen) atoms. The van der Waals surface area contributed by atoms with Crippen LogP contribution in [0.5, 0.6) is 5.75 Å². The summed E-state index contributed by atoms with van der Waals surface area (Å²) in [6, 6.07) is 8.90. The second kappa shape index (κ2) is 6.92. The molecule has 2 aromatic rings. The normalized spacial score (nSPS) is 10.7. The number of carbonyl (C=O) groups excluding carboxylic acids is 1. The van der Waals surface area contributed by atoms with Crippen molar-refractivity contribution < 1.29 is 14.1 Å². The minimum atomic E-state index is -0.152. The lowest BCUT2D eigenvalue weighted by Gasteiger charge is -2.05. The summed E-state index contributed by atoms with van der Waals surface area (Å²) in [7, 11) is 0. The van der Waals surface area contributed by atoms with Gasteiger partial charge in [0.15, 0.2) is 5.76 Å². The van der Waals surface area contributed by atoms with Crippen molar-refractivity contribution in [3.05, 3.63) is 47.3 Å². The van der Waals surface area contributed by atoms with Crippen molar-refractivity contribution in [3.8, 4) is 5.75 Å². The predicted octanol–water partition coefficient (Wildman–Crippen LogP) is 3.13. The van der Waals surface area contributed by atoms with E-state index in [-0.39, 0.29) is 5.91 Å². The Morgan fingerprint density at radius 1 is 1.33 bits per heavy atom. The second-order valence-corrected chi connectivity index (χ2v) is 5.01. The van der Waals surface area contributed by atoms with Crippen molar-refractivity contribution in [3.63, 3.8) is 0 Å². The van der Waals surface area contributed by atoms with Crippen LogP contribution in [0.15, 0.2) is 34.9 Å². The number of ether oxygens (including phenoxy) is 1. The van der Waals surface area contributed by atoms with Gasteiger partial charge in [-0.3, -0.25) is 4.79 Å². The van der Waals surface area contributed by atoms with E-state index in [1.54, 1.807) is 24.3 Å². The molecule has 0 fully saturated rings. The first kappa shape index (κ1) is 15.1. The van der Waals surface area contributed by atoms with E-state index < -0.39 is 0 Å². The zero-order valence-electron chi connectivity index (χ0n) is 12.6.